The zero-order valence-electron chi connectivity index (χ0n) is 16.6. The van der Waals surface area contributed by atoms with E-state index >= 15 is 0 Å². The zero-order chi connectivity index (χ0) is 21.7. The maximum absolute atomic E-state index is 14.4. The second-order valence-corrected chi connectivity index (χ2v) is 7.91. The third-order valence-corrected chi connectivity index (χ3v) is 6.16. The highest BCUT2D eigenvalue weighted by molar-refractivity contribution is 7.13. The Labute approximate surface area is 178 Å². The first-order chi connectivity index (χ1) is 15.0. The summed E-state index contributed by atoms with van der Waals surface area (Å²) in [5, 5.41) is 0.426. The Morgan fingerprint density at radius 1 is 1.23 bits per heavy atom. The lowest BCUT2D eigenvalue weighted by atomic mass is 10.1. The summed E-state index contributed by atoms with van der Waals surface area (Å²) in [6.45, 7) is 2.12. The van der Waals surface area contributed by atoms with Gasteiger partial charge in [-0.15, -0.1) is 11.3 Å². The smallest absolute Gasteiger partial charge is 0.248 e. The summed E-state index contributed by atoms with van der Waals surface area (Å²) < 4.78 is 35.5. The number of rotatable bonds is 4. The molecule has 5 aromatic rings. The Kier molecular flexibility index (Phi) is 4.55. The Morgan fingerprint density at radius 2 is 2.06 bits per heavy atom. The molecule has 0 atom stereocenters. The van der Waals surface area contributed by atoms with Crippen molar-refractivity contribution in [3.63, 3.8) is 0 Å². The number of aryl methyl sites for hydroxylation is 1. The van der Waals surface area contributed by atoms with Crippen molar-refractivity contribution < 1.29 is 13.5 Å². The van der Waals surface area contributed by atoms with E-state index < -0.39 is 17.2 Å². The van der Waals surface area contributed by atoms with E-state index in [1.54, 1.807) is 12.6 Å². The van der Waals surface area contributed by atoms with E-state index in [1.807, 2.05) is 29.7 Å². The summed E-state index contributed by atoms with van der Waals surface area (Å²) in [4.78, 5) is 24.6. The molecule has 0 fully saturated rings. The first-order valence-corrected chi connectivity index (χ1v) is 10.3. The highest BCUT2D eigenvalue weighted by atomic mass is 32.1. The first-order valence-electron chi connectivity index (χ1n) is 9.41. The van der Waals surface area contributed by atoms with E-state index in [9.17, 15) is 13.6 Å². The van der Waals surface area contributed by atoms with Crippen molar-refractivity contribution in [3.8, 4) is 16.5 Å². The normalized spacial score (nSPS) is 11.5. The number of aromatic nitrogens is 4. The lowest BCUT2D eigenvalue weighted by Gasteiger charge is -2.12. The van der Waals surface area contributed by atoms with Crippen LogP contribution in [0.1, 0.15) is 11.3 Å². The summed E-state index contributed by atoms with van der Waals surface area (Å²) in [6.07, 6.45) is 0. The highest BCUT2D eigenvalue weighted by Crippen LogP contribution is 2.34. The van der Waals surface area contributed by atoms with Gasteiger partial charge < -0.3 is 14.3 Å². The zero-order valence-corrected chi connectivity index (χ0v) is 17.4. The van der Waals surface area contributed by atoms with Gasteiger partial charge in [0.25, 0.3) is 0 Å². The fraction of sp³-hybridized carbons (Fsp3) is 0.136. The van der Waals surface area contributed by atoms with E-state index in [1.165, 1.54) is 23.5 Å². The molecular weight excluding hydrogens is 422 g/mol. The molecule has 31 heavy (non-hydrogen) atoms. The van der Waals surface area contributed by atoms with Crippen LogP contribution in [0.25, 0.3) is 32.6 Å². The Hall–Kier alpha value is -3.59. The molecule has 0 bridgehead atoms. The van der Waals surface area contributed by atoms with Gasteiger partial charge in [-0.3, -0.25) is 4.79 Å². The van der Waals surface area contributed by atoms with E-state index in [-0.39, 0.29) is 12.1 Å². The molecule has 2 aromatic carbocycles. The van der Waals surface area contributed by atoms with Gasteiger partial charge in [-0.25, -0.2) is 18.7 Å². The van der Waals surface area contributed by atoms with Crippen LogP contribution in [0.5, 0.6) is 5.75 Å². The minimum atomic E-state index is -1.08. The summed E-state index contributed by atoms with van der Waals surface area (Å²) in [5.74, 6) is -0.815. The lowest BCUT2D eigenvalue weighted by molar-refractivity contribution is 0.419. The molecule has 0 amide bonds. The number of methoxy groups -OCH3 is 1. The van der Waals surface area contributed by atoms with Gasteiger partial charge in [-0.2, -0.15) is 0 Å². The number of thiazole rings is 1. The van der Waals surface area contributed by atoms with Gasteiger partial charge in [0.1, 0.15) is 11.3 Å². The maximum Gasteiger partial charge on any atom is 0.248 e. The van der Waals surface area contributed by atoms with Gasteiger partial charge in [-0.05, 0) is 36.8 Å². The first kappa shape index (κ1) is 19.4. The molecular formula is C22H16F2N4O2S. The summed E-state index contributed by atoms with van der Waals surface area (Å²) in [6, 6.07) is 9.51. The van der Waals surface area contributed by atoms with Crippen molar-refractivity contribution >= 4 is 33.3 Å². The number of imidazole rings is 1. The number of pyridine rings is 1. The van der Waals surface area contributed by atoms with Crippen molar-refractivity contribution in [2.75, 3.05) is 7.11 Å². The van der Waals surface area contributed by atoms with Crippen LogP contribution >= 0.6 is 11.3 Å². The predicted molar refractivity (Wildman–Crippen MR) is 116 cm³/mol. The van der Waals surface area contributed by atoms with Gasteiger partial charge in [-0.1, -0.05) is 6.07 Å². The molecule has 0 saturated heterocycles. The number of nitrogens with zero attached hydrogens (tertiary/aromatic N) is 3. The molecule has 1 N–H and O–H groups in total. The molecule has 9 heteroatoms. The number of para-hydroxylation sites is 1. The summed E-state index contributed by atoms with van der Waals surface area (Å²) in [7, 11) is 1.58. The minimum absolute atomic E-state index is 0.153. The number of benzene rings is 2. The Morgan fingerprint density at radius 3 is 2.81 bits per heavy atom. The second kappa shape index (κ2) is 7.28. The van der Waals surface area contributed by atoms with Crippen LogP contribution in [0, 0.1) is 18.6 Å². The molecule has 5 rings (SSSR count). The largest absolute Gasteiger partial charge is 0.494 e. The number of nitrogens with one attached hydrogen (secondary N) is 1. The predicted octanol–water partition coefficient (Wildman–Crippen LogP) is 4.64. The van der Waals surface area contributed by atoms with Crippen LogP contribution in [-0.4, -0.2) is 26.6 Å². The Balaban J connectivity index is 1.80. The lowest BCUT2D eigenvalue weighted by Crippen LogP contribution is -2.11. The number of halogens is 2. The SMILES string of the molecule is COc1cccc2c1nc(-c1scnc1C)n2Cc1cc(=O)[nH]c2c(F)c(F)ccc12. The van der Waals surface area contributed by atoms with Crippen LogP contribution in [0.2, 0.25) is 0 Å². The van der Waals surface area contributed by atoms with Crippen LogP contribution < -0.4 is 10.3 Å². The number of ether oxygens (including phenoxy) is 1. The monoisotopic (exact) mass is 438 g/mol. The summed E-state index contributed by atoms with van der Waals surface area (Å²) in [5.41, 5.74) is 3.90. The molecule has 3 heterocycles. The third kappa shape index (κ3) is 3.09. The molecule has 0 aliphatic rings. The van der Waals surface area contributed by atoms with Crippen molar-refractivity contribution in [3.05, 3.63) is 75.2 Å². The number of fused-ring (bicyclic) bond motifs is 2. The molecule has 3 aromatic heterocycles. The fourth-order valence-electron chi connectivity index (χ4n) is 3.77. The van der Waals surface area contributed by atoms with Crippen molar-refractivity contribution in [2.45, 2.75) is 13.5 Å². The van der Waals surface area contributed by atoms with Crippen molar-refractivity contribution in [1.82, 2.24) is 19.5 Å². The van der Waals surface area contributed by atoms with E-state index in [4.69, 9.17) is 9.72 Å². The minimum Gasteiger partial charge on any atom is -0.494 e. The second-order valence-electron chi connectivity index (χ2n) is 7.06. The van der Waals surface area contributed by atoms with Crippen LogP contribution in [-0.2, 0) is 6.54 Å². The fourth-order valence-corrected chi connectivity index (χ4v) is 4.57. The van der Waals surface area contributed by atoms with E-state index in [0.29, 0.717) is 28.0 Å². The topological polar surface area (TPSA) is 72.8 Å². The van der Waals surface area contributed by atoms with E-state index in [2.05, 4.69) is 9.97 Å². The average molecular weight is 438 g/mol. The Bertz CT molecular complexity index is 1520. The average Bonchev–Trinajstić information content (AvgIpc) is 3.34. The number of aromatic amines is 1. The van der Waals surface area contributed by atoms with Gasteiger partial charge in [0.15, 0.2) is 17.5 Å². The molecule has 0 saturated carbocycles. The highest BCUT2D eigenvalue weighted by Gasteiger charge is 2.20. The van der Waals surface area contributed by atoms with Gasteiger partial charge in [0, 0.05) is 11.5 Å². The maximum atomic E-state index is 14.4. The van der Waals surface area contributed by atoms with Crippen LogP contribution in [0.4, 0.5) is 8.78 Å². The summed E-state index contributed by atoms with van der Waals surface area (Å²) >= 11 is 1.45. The molecule has 0 unspecified atom stereocenters. The number of H-pyrrole nitrogens is 1. The molecule has 0 aliphatic carbocycles. The van der Waals surface area contributed by atoms with Crippen molar-refractivity contribution in [1.29, 1.82) is 0 Å². The quantitative estimate of drug-likeness (QED) is 0.444. The standard InChI is InChI=1S/C22H16F2N4O2S/c1-11-21(31-10-25-11)22-27-20-15(4-3-5-16(20)30-2)28(22)9-12-8-17(29)26-19-13(12)6-7-14(23)18(19)24/h3-8,10H,9H2,1-2H3,(H,26,29). The number of hydrogen-bond acceptors (Lipinski definition) is 5. The molecule has 0 spiro atoms. The molecule has 0 aliphatic heterocycles. The van der Waals surface area contributed by atoms with Crippen LogP contribution in [0.3, 0.4) is 0 Å². The van der Waals surface area contributed by atoms with Crippen LogP contribution in [0.15, 0.2) is 46.7 Å². The molecule has 6 nitrogen and oxygen atoms in total. The van der Waals surface area contributed by atoms with Crippen molar-refractivity contribution in [2.24, 2.45) is 0 Å². The van der Waals surface area contributed by atoms with E-state index in [0.717, 1.165) is 22.2 Å². The molecule has 156 valence electrons. The number of hydrogen-bond donors (Lipinski definition) is 1. The third-order valence-electron chi connectivity index (χ3n) is 5.23. The van der Waals surface area contributed by atoms with Gasteiger partial charge >= 0.3 is 0 Å². The molecule has 0 radical (unpaired) electrons. The van der Waals surface area contributed by atoms with Gasteiger partial charge in [0.05, 0.1) is 40.8 Å². The van der Waals surface area contributed by atoms with Gasteiger partial charge in [0.2, 0.25) is 5.56 Å².